The van der Waals surface area contributed by atoms with E-state index >= 15 is 0 Å². The Balaban J connectivity index is 1.74. The van der Waals surface area contributed by atoms with Crippen molar-refractivity contribution in [3.8, 4) is 5.69 Å². The number of amides is 2. The van der Waals surface area contributed by atoms with Gasteiger partial charge in [0, 0.05) is 31.9 Å². The van der Waals surface area contributed by atoms with E-state index < -0.39 is 0 Å². The van der Waals surface area contributed by atoms with Crippen LogP contribution in [0.5, 0.6) is 0 Å². The van der Waals surface area contributed by atoms with Gasteiger partial charge in [0.05, 0.1) is 6.20 Å². The number of hydrogen-bond donors (Lipinski definition) is 1. The SMILES string of the molecule is CSc1ncc(C(=O)NCc2ccc(C(=O)N(C)C)cc2)n1-c1ccccc1. The van der Waals surface area contributed by atoms with Crippen LogP contribution >= 0.6 is 11.8 Å². The summed E-state index contributed by atoms with van der Waals surface area (Å²) in [6.45, 7) is 0.365. The van der Waals surface area contributed by atoms with Gasteiger partial charge in [-0.2, -0.15) is 0 Å². The molecule has 1 heterocycles. The molecule has 1 aromatic heterocycles. The summed E-state index contributed by atoms with van der Waals surface area (Å²) in [5, 5.41) is 3.68. The van der Waals surface area contributed by atoms with Gasteiger partial charge in [0.15, 0.2) is 5.16 Å². The lowest BCUT2D eigenvalue weighted by atomic mass is 10.1. The van der Waals surface area contributed by atoms with Gasteiger partial charge in [-0.05, 0) is 36.1 Å². The molecule has 6 nitrogen and oxygen atoms in total. The molecule has 7 heteroatoms. The van der Waals surface area contributed by atoms with Gasteiger partial charge in [0.25, 0.3) is 11.8 Å². The average Bonchev–Trinajstić information content (AvgIpc) is 3.16. The van der Waals surface area contributed by atoms with Crippen molar-refractivity contribution in [2.45, 2.75) is 11.7 Å². The van der Waals surface area contributed by atoms with E-state index in [0.29, 0.717) is 17.8 Å². The molecule has 0 saturated heterocycles. The Bertz CT molecular complexity index is 966. The van der Waals surface area contributed by atoms with E-state index in [-0.39, 0.29) is 11.8 Å². The normalized spacial score (nSPS) is 10.5. The summed E-state index contributed by atoms with van der Waals surface area (Å²) in [5.74, 6) is -0.253. The molecule has 0 fully saturated rings. The van der Waals surface area contributed by atoms with Gasteiger partial charge in [-0.3, -0.25) is 14.2 Å². The molecule has 0 radical (unpaired) electrons. The highest BCUT2D eigenvalue weighted by Gasteiger charge is 2.17. The number of rotatable bonds is 6. The third kappa shape index (κ3) is 4.26. The van der Waals surface area contributed by atoms with Crippen LogP contribution in [-0.4, -0.2) is 46.6 Å². The second-order valence-electron chi connectivity index (χ2n) is 6.38. The minimum Gasteiger partial charge on any atom is -0.347 e. The first-order valence-electron chi connectivity index (χ1n) is 8.77. The van der Waals surface area contributed by atoms with Crippen molar-refractivity contribution in [2.24, 2.45) is 0 Å². The third-order valence-corrected chi connectivity index (χ3v) is 4.87. The summed E-state index contributed by atoms with van der Waals surface area (Å²) in [6, 6.07) is 16.9. The molecule has 0 aliphatic heterocycles. The lowest BCUT2D eigenvalue weighted by Crippen LogP contribution is -2.25. The monoisotopic (exact) mass is 394 g/mol. The van der Waals surface area contributed by atoms with Crippen LogP contribution in [0.3, 0.4) is 0 Å². The third-order valence-electron chi connectivity index (χ3n) is 4.22. The van der Waals surface area contributed by atoms with E-state index in [1.54, 1.807) is 32.4 Å². The topological polar surface area (TPSA) is 67.2 Å². The molecule has 3 rings (SSSR count). The summed E-state index contributed by atoms with van der Waals surface area (Å²) >= 11 is 1.49. The fourth-order valence-electron chi connectivity index (χ4n) is 2.76. The molecule has 2 aromatic carbocycles. The summed E-state index contributed by atoms with van der Waals surface area (Å²) in [5.41, 5.74) is 2.90. The average molecular weight is 395 g/mol. The fourth-order valence-corrected chi connectivity index (χ4v) is 3.31. The number of para-hydroxylation sites is 1. The van der Waals surface area contributed by atoms with E-state index in [2.05, 4.69) is 10.3 Å². The van der Waals surface area contributed by atoms with Crippen LogP contribution in [-0.2, 0) is 6.54 Å². The van der Waals surface area contributed by atoms with Crippen molar-refractivity contribution in [2.75, 3.05) is 20.4 Å². The van der Waals surface area contributed by atoms with Crippen molar-refractivity contribution in [1.29, 1.82) is 0 Å². The maximum atomic E-state index is 12.8. The van der Waals surface area contributed by atoms with Crippen LogP contribution in [0.4, 0.5) is 0 Å². The zero-order chi connectivity index (χ0) is 20.1. The minimum atomic E-state index is -0.204. The number of carbonyl (C=O) groups excluding carboxylic acids is 2. The summed E-state index contributed by atoms with van der Waals surface area (Å²) in [4.78, 5) is 30.6. The first kappa shape index (κ1) is 19.7. The smallest absolute Gasteiger partial charge is 0.270 e. The summed E-state index contributed by atoms with van der Waals surface area (Å²) in [6.07, 6.45) is 3.52. The summed E-state index contributed by atoms with van der Waals surface area (Å²) < 4.78 is 1.85. The highest BCUT2D eigenvalue weighted by molar-refractivity contribution is 7.98. The molecule has 0 aliphatic carbocycles. The quantitative estimate of drug-likeness (QED) is 0.652. The molecule has 3 aromatic rings. The Kier molecular flexibility index (Phi) is 6.16. The second-order valence-corrected chi connectivity index (χ2v) is 7.15. The Morgan fingerprint density at radius 2 is 1.75 bits per heavy atom. The molecule has 0 aliphatic rings. The molecule has 0 bridgehead atoms. The Morgan fingerprint density at radius 1 is 1.07 bits per heavy atom. The molecular formula is C21H22N4O2S. The van der Waals surface area contributed by atoms with Gasteiger partial charge in [0.1, 0.15) is 5.69 Å². The molecule has 0 saturated carbocycles. The number of imidazole rings is 1. The number of nitrogens with one attached hydrogen (secondary N) is 1. The molecule has 0 spiro atoms. The fraction of sp³-hybridized carbons (Fsp3) is 0.190. The maximum absolute atomic E-state index is 12.8. The molecular weight excluding hydrogens is 372 g/mol. The van der Waals surface area contributed by atoms with E-state index in [4.69, 9.17) is 0 Å². The Morgan fingerprint density at radius 3 is 2.36 bits per heavy atom. The van der Waals surface area contributed by atoms with E-state index in [9.17, 15) is 9.59 Å². The number of nitrogens with zero attached hydrogens (tertiary/aromatic N) is 3. The number of hydrogen-bond acceptors (Lipinski definition) is 4. The van der Waals surface area contributed by atoms with Crippen LogP contribution in [0, 0.1) is 0 Å². The van der Waals surface area contributed by atoms with E-state index in [0.717, 1.165) is 16.4 Å². The van der Waals surface area contributed by atoms with Crippen molar-refractivity contribution < 1.29 is 9.59 Å². The van der Waals surface area contributed by atoms with Gasteiger partial charge in [-0.15, -0.1) is 0 Å². The molecule has 2 amide bonds. The van der Waals surface area contributed by atoms with Gasteiger partial charge >= 0.3 is 0 Å². The first-order chi connectivity index (χ1) is 13.5. The number of carbonyl (C=O) groups is 2. The number of aromatic nitrogens is 2. The van der Waals surface area contributed by atoms with Gasteiger partial charge in [0.2, 0.25) is 0 Å². The number of thioether (sulfide) groups is 1. The molecule has 0 unspecified atom stereocenters. The predicted molar refractivity (Wildman–Crippen MR) is 111 cm³/mol. The molecule has 144 valence electrons. The highest BCUT2D eigenvalue weighted by Crippen LogP contribution is 2.21. The molecule has 1 N–H and O–H groups in total. The maximum Gasteiger partial charge on any atom is 0.270 e. The standard InChI is InChI=1S/C21H22N4O2S/c1-24(2)20(27)16-11-9-15(10-12-16)13-22-19(26)18-14-23-21(28-3)25(18)17-7-5-4-6-8-17/h4-12,14H,13H2,1-3H3,(H,22,26). The van der Waals surface area contributed by atoms with Crippen LogP contribution in [0.15, 0.2) is 66.0 Å². The second kappa shape index (κ2) is 8.75. The lowest BCUT2D eigenvalue weighted by Gasteiger charge is -2.12. The van der Waals surface area contributed by atoms with Gasteiger partial charge in [-0.1, -0.05) is 42.1 Å². The van der Waals surface area contributed by atoms with E-state index in [1.165, 1.54) is 16.7 Å². The van der Waals surface area contributed by atoms with E-state index in [1.807, 2.05) is 53.3 Å². The molecule has 0 atom stereocenters. The van der Waals surface area contributed by atoms with Crippen LogP contribution in [0.2, 0.25) is 0 Å². The lowest BCUT2D eigenvalue weighted by molar-refractivity contribution is 0.0827. The van der Waals surface area contributed by atoms with Crippen LogP contribution < -0.4 is 5.32 Å². The molecule has 28 heavy (non-hydrogen) atoms. The van der Waals surface area contributed by atoms with Crippen molar-refractivity contribution in [3.05, 3.63) is 77.6 Å². The minimum absolute atomic E-state index is 0.0491. The van der Waals surface area contributed by atoms with Gasteiger partial charge < -0.3 is 10.2 Å². The number of benzene rings is 2. The first-order valence-corrected chi connectivity index (χ1v) is 9.99. The Hall–Kier alpha value is -3.06. The van der Waals surface area contributed by atoms with Crippen molar-refractivity contribution >= 4 is 23.6 Å². The zero-order valence-corrected chi connectivity index (χ0v) is 16.9. The van der Waals surface area contributed by atoms with Crippen molar-refractivity contribution in [1.82, 2.24) is 19.8 Å². The van der Waals surface area contributed by atoms with Crippen molar-refractivity contribution in [3.63, 3.8) is 0 Å². The predicted octanol–water partition coefficient (Wildman–Crippen LogP) is 3.23. The van der Waals surface area contributed by atoms with Crippen LogP contribution in [0.1, 0.15) is 26.4 Å². The van der Waals surface area contributed by atoms with Gasteiger partial charge in [-0.25, -0.2) is 4.98 Å². The van der Waals surface area contributed by atoms with Crippen LogP contribution in [0.25, 0.3) is 5.69 Å². The Labute approximate surface area is 168 Å². The summed E-state index contributed by atoms with van der Waals surface area (Å²) in [7, 11) is 3.43. The zero-order valence-electron chi connectivity index (χ0n) is 16.0. The largest absolute Gasteiger partial charge is 0.347 e. The highest BCUT2D eigenvalue weighted by atomic mass is 32.2.